The Bertz CT molecular complexity index is 616. The minimum absolute atomic E-state index is 0.00355. The van der Waals surface area contributed by atoms with E-state index in [-0.39, 0.29) is 30.2 Å². The maximum atomic E-state index is 12.3. The summed E-state index contributed by atoms with van der Waals surface area (Å²) in [6, 6.07) is 9.62. The van der Waals surface area contributed by atoms with E-state index in [9.17, 15) is 14.4 Å². The zero-order chi connectivity index (χ0) is 18.9. The van der Waals surface area contributed by atoms with Gasteiger partial charge in [-0.2, -0.15) is 0 Å². The number of hydrogen-bond donors (Lipinski definition) is 2. The van der Waals surface area contributed by atoms with Gasteiger partial charge < -0.3 is 20.4 Å². The van der Waals surface area contributed by atoms with Crippen LogP contribution in [0.25, 0.3) is 0 Å². The minimum Gasteiger partial charge on any atom is -0.354 e. The average molecular weight is 360 g/mol. The second-order valence-corrected chi connectivity index (χ2v) is 6.36. The summed E-state index contributed by atoms with van der Waals surface area (Å²) >= 11 is 0. The van der Waals surface area contributed by atoms with Gasteiger partial charge in [0.15, 0.2) is 0 Å². The highest BCUT2D eigenvalue weighted by atomic mass is 16.2. The molecule has 1 aromatic carbocycles. The SMILES string of the molecule is CCN(CC)C(=O)NCCNC(=O)C1CC(=O)N(Cc2ccccc2)C1. The summed E-state index contributed by atoms with van der Waals surface area (Å²) in [5.74, 6) is -0.459. The number of carbonyl (C=O) groups excluding carboxylic acids is 3. The molecule has 142 valence electrons. The summed E-state index contributed by atoms with van der Waals surface area (Å²) in [4.78, 5) is 39.6. The summed E-state index contributed by atoms with van der Waals surface area (Å²) in [7, 11) is 0. The molecule has 2 rings (SSSR count). The molecule has 26 heavy (non-hydrogen) atoms. The van der Waals surface area contributed by atoms with Crippen LogP contribution in [0.5, 0.6) is 0 Å². The fourth-order valence-corrected chi connectivity index (χ4v) is 3.03. The lowest BCUT2D eigenvalue weighted by Gasteiger charge is -2.19. The molecular formula is C19H28N4O3. The zero-order valence-corrected chi connectivity index (χ0v) is 15.5. The first-order chi connectivity index (χ1) is 12.5. The predicted molar refractivity (Wildman–Crippen MR) is 99.3 cm³/mol. The molecule has 0 radical (unpaired) electrons. The molecule has 0 aliphatic carbocycles. The van der Waals surface area contributed by atoms with Gasteiger partial charge in [0.2, 0.25) is 11.8 Å². The molecule has 1 aliphatic rings. The summed E-state index contributed by atoms with van der Waals surface area (Å²) in [5, 5.41) is 5.58. The fraction of sp³-hybridized carbons (Fsp3) is 0.526. The third-order valence-corrected chi connectivity index (χ3v) is 4.55. The van der Waals surface area contributed by atoms with Crippen molar-refractivity contribution in [2.24, 2.45) is 5.92 Å². The van der Waals surface area contributed by atoms with Crippen LogP contribution in [0.3, 0.4) is 0 Å². The summed E-state index contributed by atoms with van der Waals surface area (Å²) in [5.41, 5.74) is 1.06. The van der Waals surface area contributed by atoms with Crippen LogP contribution in [-0.4, -0.2) is 60.4 Å². The van der Waals surface area contributed by atoms with Crippen molar-refractivity contribution >= 4 is 17.8 Å². The molecule has 0 saturated carbocycles. The van der Waals surface area contributed by atoms with Crippen LogP contribution < -0.4 is 10.6 Å². The van der Waals surface area contributed by atoms with Crippen molar-refractivity contribution in [3.63, 3.8) is 0 Å². The highest BCUT2D eigenvalue weighted by Crippen LogP contribution is 2.20. The van der Waals surface area contributed by atoms with Gasteiger partial charge in [0.1, 0.15) is 0 Å². The molecule has 1 aliphatic heterocycles. The molecule has 0 aromatic heterocycles. The lowest BCUT2D eigenvalue weighted by molar-refractivity contribution is -0.129. The van der Waals surface area contributed by atoms with Crippen LogP contribution in [0.15, 0.2) is 30.3 Å². The molecule has 2 N–H and O–H groups in total. The van der Waals surface area contributed by atoms with E-state index in [1.54, 1.807) is 9.80 Å². The van der Waals surface area contributed by atoms with Crippen LogP contribution in [0, 0.1) is 5.92 Å². The van der Waals surface area contributed by atoms with Crippen LogP contribution in [0.1, 0.15) is 25.8 Å². The second kappa shape index (κ2) is 9.79. The lowest BCUT2D eigenvalue weighted by atomic mass is 10.1. The Morgan fingerprint density at radius 3 is 2.42 bits per heavy atom. The quantitative estimate of drug-likeness (QED) is 0.684. The molecule has 1 fully saturated rings. The Hall–Kier alpha value is -2.57. The Balaban J connectivity index is 1.71. The summed E-state index contributed by atoms with van der Waals surface area (Å²) in [6.07, 6.45) is 0.241. The van der Waals surface area contributed by atoms with E-state index in [0.29, 0.717) is 39.3 Å². The van der Waals surface area contributed by atoms with E-state index in [0.717, 1.165) is 5.56 Å². The van der Waals surface area contributed by atoms with Crippen molar-refractivity contribution in [1.82, 2.24) is 20.4 Å². The zero-order valence-electron chi connectivity index (χ0n) is 15.5. The van der Waals surface area contributed by atoms with Crippen LogP contribution >= 0.6 is 0 Å². The van der Waals surface area contributed by atoms with Crippen molar-refractivity contribution in [2.45, 2.75) is 26.8 Å². The van der Waals surface area contributed by atoms with E-state index in [1.165, 1.54) is 0 Å². The van der Waals surface area contributed by atoms with E-state index < -0.39 is 0 Å². The molecule has 1 unspecified atom stereocenters. The Morgan fingerprint density at radius 2 is 1.77 bits per heavy atom. The van der Waals surface area contributed by atoms with E-state index in [2.05, 4.69) is 10.6 Å². The number of likely N-dealkylation sites (tertiary alicyclic amines) is 1. The van der Waals surface area contributed by atoms with Crippen molar-refractivity contribution in [3.8, 4) is 0 Å². The van der Waals surface area contributed by atoms with Gasteiger partial charge in [-0.15, -0.1) is 0 Å². The van der Waals surface area contributed by atoms with Crippen LogP contribution in [0.4, 0.5) is 4.79 Å². The smallest absolute Gasteiger partial charge is 0.317 e. The van der Waals surface area contributed by atoms with E-state index in [4.69, 9.17) is 0 Å². The Morgan fingerprint density at radius 1 is 1.12 bits per heavy atom. The lowest BCUT2D eigenvalue weighted by Crippen LogP contribution is -2.43. The van der Waals surface area contributed by atoms with Gasteiger partial charge in [0.05, 0.1) is 5.92 Å². The molecule has 7 heteroatoms. The second-order valence-electron chi connectivity index (χ2n) is 6.36. The van der Waals surface area contributed by atoms with Crippen LogP contribution in [0.2, 0.25) is 0 Å². The standard InChI is InChI=1S/C19H28N4O3/c1-3-22(4-2)19(26)21-11-10-20-18(25)16-12-17(24)23(14-16)13-15-8-6-5-7-9-15/h5-9,16H,3-4,10-14H2,1-2H3,(H,20,25)(H,21,26). The highest BCUT2D eigenvalue weighted by Gasteiger charge is 2.33. The molecule has 0 spiro atoms. The van der Waals surface area contributed by atoms with Crippen molar-refractivity contribution in [1.29, 1.82) is 0 Å². The van der Waals surface area contributed by atoms with Gasteiger partial charge >= 0.3 is 6.03 Å². The number of urea groups is 1. The topological polar surface area (TPSA) is 81.8 Å². The van der Waals surface area contributed by atoms with Crippen molar-refractivity contribution in [3.05, 3.63) is 35.9 Å². The van der Waals surface area contributed by atoms with Gasteiger partial charge in [-0.3, -0.25) is 9.59 Å². The minimum atomic E-state index is -0.329. The maximum Gasteiger partial charge on any atom is 0.317 e. The van der Waals surface area contributed by atoms with Crippen molar-refractivity contribution < 1.29 is 14.4 Å². The summed E-state index contributed by atoms with van der Waals surface area (Å²) < 4.78 is 0. The monoisotopic (exact) mass is 360 g/mol. The van der Waals surface area contributed by atoms with Gasteiger partial charge in [-0.05, 0) is 19.4 Å². The molecule has 4 amide bonds. The molecule has 1 atom stereocenters. The van der Waals surface area contributed by atoms with E-state index in [1.807, 2.05) is 44.2 Å². The molecular weight excluding hydrogens is 332 g/mol. The molecule has 1 aromatic rings. The maximum absolute atomic E-state index is 12.3. The van der Waals surface area contributed by atoms with Gasteiger partial charge in [0, 0.05) is 45.7 Å². The first-order valence-electron chi connectivity index (χ1n) is 9.17. The molecule has 1 saturated heterocycles. The van der Waals surface area contributed by atoms with Crippen molar-refractivity contribution in [2.75, 3.05) is 32.7 Å². The summed E-state index contributed by atoms with van der Waals surface area (Å²) in [6.45, 7) is 6.83. The Kier molecular flexibility index (Phi) is 7.44. The van der Waals surface area contributed by atoms with Gasteiger partial charge in [0.25, 0.3) is 0 Å². The first kappa shape index (κ1) is 19.8. The number of rotatable bonds is 8. The third kappa shape index (κ3) is 5.47. The predicted octanol–water partition coefficient (Wildman–Crippen LogP) is 1.20. The molecule has 0 bridgehead atoms. The fourth-order valence-electron chi connectivity index (χ4n) is 3.03. The molecule has 7 nitrogen and oxygen atoms in total. The first-order valence-corrected chi connectivity index (χ1v) is 9.17. The third-order valence-electron chi connectivity index (χ3n) is 4.55. The average Bonchev–Trinajstić information content (AvgIpc) is 3.01. The number of benzene rings is 1. The number of nitrogens with zero attached hydrogens (tertiary/aromatic N) is 2. The van der Waals surface area contributed by atoms with Crippen LogP contribution in [-0.2, 0) is 16.1 Å². The largest absolute Gasteiger partial charge is 0.354 e. The number of carbonyl (C=O) groups is 3. The van der Waals surface area contributed by atoms with Gasteiger partial charge in [-0.25, -0.2) is 4.79 Å². The normalized spacial score (nSPS) is 16.5. The molecule has 1 heterocycles. The Labute approximate surface area is 154 Å². The number of amides is 4. The number of hydrogen-bond acceptors (Lipinski definition) is 3. The van der Waals surface area contributed by atoms with Gasteiger partial charge in [-0.1, -0.05) is 30.3 Å². The van der Waals surface area contributed by atoms with E-state index >= 15 is 0 Å². The highest BCUT2D eigenvalue weighted by molar-refractivity contribution is 5.89. The number of nitrogens with one attached hydrogen (secondary N) is 2.